The molecule has 2 aliphatic rings. The molecule has 2 aromatic carbocycles. The van der Waals surface area contributed by atoms with Gasteiger partial charge in [-0.25, -0.2) is 5.01 Å². The number of carbonyl (C=O) groups excluding carboxylic acids is 4. The van der Waals surface area contributed by atoms with Gasteiger partial charge in [0.15, 0.2) is 5.78 Å². The maximum absolute atomic E-state index is 13.4. The van der Waals surface area contributed by atoms with E-state index in [1.807, 2.05) is 12.2 Å². The number of hydrazine groups is 1. The molecule has 1 aliphatic carbocycles. The number of halogens is 2. The highest BCUT2D eigenvalue weighted by atomic mass is 79.9. The molecule has 0 bridgehead atoms. The van der Waals surface area contributed by atoms with Gasteiger partial charge in [-0.05, 0) is 37.1 Å². The van der Waals surface area contributed by atoms with Crippen molar-refractivity contribution in [3.63, 3.8) is 0 Å². The van der Waals surface area contributed by atoms with E-state index in [0.717, 1.165) is 14.5 Å². The number of rotatable bonds is 5. The first-order valence-corrected chi connectivity index (χ1v) is 10.9. The molecule has 0 aromatic heterocycles. The van der Waals surface area contributed by atoms with Crippen LogP contribution >= 0.6 is 27.5 Å². The fourth-order valence-corrected chi connectivity index (χ4v) is 4.37. The van der Waals surface area contributed by atoms with E-state index in [4.69, 9.17) is 11.6 Å². The summed E-state index contributed by atoms with van der Waals surface area (Å²) >= 11 is 9.52. The Balaban J connectivity index is 1.70. The number of imide groups is 1. The van der Waals surface area contributed by atoms with Crippen LogP contribution in [0.5, 0.6) is 0 Å². The standard InChI is InChI=1S/C23H18BrClN2O4/c24-15-11-9-14(10-12-15)20(28)13-26(21(29)18-7-3-4-8-19(18)25)27-22(30)16-5-1-2-6-17(16)23(27)31/h1-4,7-12,16-17H,5-6,13H2. The maximum atomic E-state index is 13.4. The largest absolute Gasteiger partial charge is 0.292 e. The van der Waals surface area contributed by atoms with E-state index in [9.17, 15) is 19.2 Å². The molecule has 0 saturated carbocycles. The zero-order valence-corrected chi connectivity index (χ0v) is 18.7. The lowest BCUT2D eigenvalue weighted by molar-refractivity contribution is -0.154. The van der Waals surface area contributed by atoms with E-state index in [-0.39, 0.29) is 10.6 Å². The molecule has 6 nitrogen and oxygen atoms in total. The summed E-state index contributed by atoms with van der Waals surface area (Å²) < 4.78 is 0.800. The van der Waals surface area contributed by atoms with Crippen LogP contribution in [0.2, 0.25) is 5.02 Å². The van der Waals surface area contributed by atoms with E-state index < -0.39 is 41.9 Å². The summed E-state index contributed by atoms with van der Waals surface area (Å²) in [5, 5.41) is 1.96. The van der Waals surface area contributed by atoms with Crippen LogP contribution in [0, 0.1) is 11.8 Å². The summed E-state index contributed by atoms with van der Waals surface area (Å²) in [7, 11) is 0. The summed E-state index contributed by atoms with van der Waals surface area (Å²) in [6.45, 7) is -0.462. The molecule has 0 N–H and O–H groups in total. The van der Waals surface area contributed by atoms with Crippen LogP contribution < -0.4 is 0 Å². The van der Waals surface area contributed by atoms with Gasteiger partial charge in [-0.15, -0.1) is 0 Å². The van der Waals surface area contributed by atoms with Crippen LogP contribution in [0.3, 0.4) is 0 Å². The van der Waals surface area contributed by atoms with Crippen LogP contribution in [0.15, 0.2) is 65.2 Å². The van der Waals surface area contributed by atoms with Crippen molar-refractivity contribution in [3.8, 4) is 0 Å². The summed E-state index contributed by atoms with van der Waals surface area (Å²) in [4.78, 5) is 52.6. The first-order valence-electron chi connectivity index (χ1n) is 9.76. The predicted molar refractivity (Wildman–Crippen MR) is 118 cm³/mol. The van der Waals surface area contributed by atoms with Crippen molar-refractivity contribution in [2.75, 3.05) is 6.54 Å². The molecular formula is C23H18BrClN2O4. The van der Waals surface area contributed by atoms with Gasteiger partial charge in [0, 0.05) is 10.0 Å². The highest BCUT2D eigenvalue weighted by Crippen LogP contribution is 2.36. The third kappa shape index (κ3) is 4.07. The average molecular weight is 502 g/mol. The molecular weight excluding hydrogens is 484 g/mol. The number of fused-ring (bicyclic) bond motifs is 1. The van der Waals surface area contributed by atoms with Crippen molar-refractivity contribution in [3.05, 3.63) is 81.3 Å². The molecule has 158 valence electrons. The Hall–Kier alpha value is -2.77. The minimum Gasteiger partial charge on any atom is -0.292 e. The highest BCUT2D eigenvalue weighted by Gasteiger charge is 2.51. The van der Waals surface area contributed by atoms with Crippen LogP contribution in [0.25, 0.3) is 0 Å². The van der Waals surface area contributed by atoms with Crippen molar-refractivity contribution >= 4 is 51.0 Å². The highest BCUT2D eigenvalue weighted by molar-refractivity contribution is 9.10. The number of ketones is 1. The summed E-state index contributed by atoms with van der Waals surface area (Å²) in [6.07, 6.45) is 4.59. The predicted octanol–water partition coefficient (Wildman–Crippen LogP) is 4.29. The number of carbonyl (C=O) groups is 4. The Labute approximate surface area is 192 Å². The molecule has 0 spiro atoms. The van der Waals surface area contributed by atoms with E-state index in [0.29, 0.717) is 18.4 Å². The normalized spacial score (nSPS) is 20.0. The van der Waals surface area contributed by atoms with Crippen molar-refractivity contribution in [1.82, 2.24) is 10.0 Å². The number of hydrogen-bond acceptors (Lipinski definition) is 4. The molecule has 31 heavy (non-hydrogen) atoms. The van der Waals surface area contributed by atoms with Gasteiger partial charge in [0.1, 0.15) is 6.54 Å². The first-order chi connectivity index (χ1) is 14.9. The van der Waals surface area contributed by atoms with Crippen LogP contribution in [0.4, 0.5) is 0 Å². The van der Waals surface area contributed by atoms with E-state index in [1.54, 1.807) is 42.5 Å². The van der Waals surface area contributed by atoms with Crippen molar-refractivity contribution in [2.45, 2.75) is 12.8 Å². The molecule has 1 fully saturated rings. The number of amides is 3. The quantitative estimate of drug-likeness (QED) is 0.348. The zero-order valence-electron chi connectivity index (χ0n) is 16.3. The molecule has 8 heteroatoms. The fraction of sp³-hybridized carbons (Fsp3) is 0.217. The molecule has 2 unspecified atom stereocenters. The molecule has 3 amide bonds. The third-order valence-electron chi connectivity index (χ3n) is 5.52. The minimum absolute atomic E-state index is 0.112. The molecule has 1 saturated heterocycles. The summed E-state index contributed by atoms with van der Waals surface area (Å²) in [5.41, 5.74) is 0.472. The number of allylic oxidation sites excluding steroid dienone is 2. The Bertz CT molecular complexity index is 1070. The van der Waals surface area contributed by atoms with Gasteiger partial charge < -0.3 is 0 Å². The van der Waals surface area contributed by atoms with E-state index in [1.165, 1.54) is 6.07 Å². The molecule has 0 radical (unpaired) electrons. The van der Waals surface area contributed by atoms with Crippen LogP contribution in [-0.4, -0.2) is 40.1 Å². The second kappa shape index (κ2) is 8.77. The number of Topliss-reactive ketones (excluding diaryl/α,β-unsaturated/α-hetero) is 1. The maximum Gasteiger partial charge on any atom is 0.274 e. The summed E-state index contributed by atoms with van der Waals surface area (Å²) in [5.74, 6) is -3.07. The van der Waals surface area contributed by atoms with Crippen molar-refractivity contribution in [2.24, 2.45) is 11.8 Å². The number of benzene rings is 2. The van der Waals surface area contributed by atoms with Gasteiger partial charge in [0.25, 0.3) is 17.7 Å². The average Bonchev–Trinajstić information content (AvgIpc) is 3.03. The second-order valence-corrected chi connectivity index (χ2v) is 8.74. The third-order valence-corrected chi connectivity index (χ3v) is 6.38. The number of hydrogen-bond donors (Lipinski definition) is 0. The van der Waals surface area contributed by atoms with Gasteiger partial charge in [0.2, 0.25) is 0 Å². The van der Waals surface area contributed by atoms with Gasteiger partial charge in [-0.2, -0.15) is 5.01 Å². The van der Waals surface area contributed by atoms with Gasteiger partial charge >= 0.3 is 0 Å². The zero-order chi connectivity index (χ0) is 22.1. The smallest absolute Gasteiger partial charge is 0.274 e. The lowest BCUT2D eigenvalue weighted by Crippen LogP contribution is -2.52. The Morgan fingerprint density at radius 3 is 2.13 bits per heavy atom. The molecule has 2 atom stereocenters. The first kappa shape index (κ1) is 21.5. The van der Waals surface area contributed by atoms with E-state index >= 15 is 0 Å². The summed E-state index contributed by atoms with van der Waals surface area (Å²) in [6, 6.07) is 13.0. The van der Waals surface area contributed by atoms with Crippen molar-refractivity contribution in [1.29, 1.82) is 0 Å². The Morgan fingerprint density at radius 1 is 0.968 bits per heavy atom. The fourth-order valence-electron chi connectivity index (χ4n) is 3.89. The molecule has 4 rings (SSSR count). The monoisotopic (exact) mass is 500 g/mol. The Morgan fingerprint density at radius 2 is 1.55 bits per heavy atom. The second-order valence-electron chi connectivity index (χ2n) is 7.42. The Kier molecular flexibility index (Phi) is 6.07. The molecule has 1 heterocycles. The van der Waals surface area contributed by atoms with Crippen LogP contribution in [0.1, 0.15) is 33.6 Å². The molecule has 1 aliphatic heterocycles. The lowest BCUT2D eigenvalue weighted by Gasteiger charge is -2.30. The minimum atomic E-state index is -0.677. The topological polar surface area (TPSA) is 74.8 Å². The van der Waals surface area contributed by atoms with Gasteiger partial charge in [0.05, 0.1) is 22.4 Å². The van der Waals surface area contributed by atoms with Gasteiger partial charge in [-0.1, -0.05) is 63.9 Å². The van der Waals surface area contributed by atoms with Crippen LogP contribution in [-0.2, 0) is 9.59 Å². The van der Waals surface area contributed by atoms with Crippen molar-refractivity contribution < 1.29 is 19.2 Å². The number of nitrogens with zero attached hydrogens (tertiary/aromatic N) is 2. The molecule has 2 aromatic rings. The SMILES string of the molecule is O=C(CN(C(=O)c1ccccc1Cl)N1C(=O)C2CC=CCC2C1=O)c1ccc(Br)cc1. The van der Waals surface area contributed by atoms with E-state index in [2.05, 4.69) is 15.9 Å². The lowest BCUT2D eigenvalue weighted by atomic mass is 9.85. The van der Waals surface area contributed by atoms with Gasteiger partial charge in [-0.3, -0.25) is 19.2 Å².